The van der Waals surface area contributed by atoms with Crippen LogP contribution in [0, 0.1) is 13.8 Å². The summed E-state index contributed by atoms with van der Waals surface area (Å²) in [5.41, 5.74) is 7.66. The highest BCUT2D eigenvalue weighted by molar-refractivity contribution is 7.93. The first-order valence-corrected chi connectivity index (χ1v) is 8.30. The Kier molecular flexibility index (Phi) is 4.37. The van der Waals surface area contributed by atoms with Crippen LogP contribution in [-0.2, 0) is 10.0 Å². The van der Waals surface area contributed by atoms with Crippen LogP contribution in [0.1, 0.15) is 11.1 Å². The summed E-state index contributed by atoms with van der Waals surface area (Å²) in [4.78, 5) is 0.0634. The Morgan fingerprint density at radius 3 is 2.29 bits per heavy atom. The fourth-order valence-electron chi connectivity index (χ4n) is 1.93. The Morgan fingerprint density at radius 2 is 1.67 bits per heavy atom. The van der Waals surface area contributed by atoms with E-state index in [1.54, 1.807) is 32.0 Å². The third-order valence-corrected chi connectivity index (χ3v) is 5.17. The normalized spacial score (nSPS) is 11.4. The van der Waals surface area contributed by atoms with Crippen LogP contribution in [0.3, 0.4) is 0 Å². The molecule has 0 unspecified atom stereocenters. The van der Waals surface area contributed by atoms with Gasteiger partial charge in [-0.3, -0.25) is 4.72 Å². The zero-order valence-corrected chi connectivity index (χ0v) is 13.8. The molecule has 2 rings (SSSR count). The maximum atomic E-state index is 12.5. The minimum atomic E-state index is -3.84. The molecule has 0 bridgehead atoms. The second-order valence-corrected chi connectivity index (χ2v) is 7.13. The van der Waals surface area contributed by atoms with Crippen LogP contribution in [0.5, 0.6) is 0 Å². The number of halogens is 2. The number of benzene rings is 2. The molecule has 2 aromatic carbocycles. The molecule has 0 aliphatic rings. The summed E-state index contributed by atoms with van der Waals surface area (Å²) in [6, 6.07) is 8.01. The molecule has 0 saturated heterocycles. The largest absolute Gasteiger partial charge is 0.397 e. The second-order valence-electron chi connectivity index (χ2n) is 4.67. The van der Waals surface area contributed by atoms with Crippen LogP contribution >= 0.6 is 23.2 Å². The summed E-state index contributed by atoms with van der Waals surface area (Å²) in [6.45, 7) is 3.44. The smallest absolute Gasteiger partial charge is 0.264 e. The quantitative estimate of drug-likeness (QED) is 0.826. The van der Waals surface area contributed by atoms with E-state index in [1.165, 1.54) is 12.1 Å². The van der Waals surface area contributed by atoms with Crippen LogP contribution in [-0.4, -0.2) is 8.42 Å². The zero-order valence-electron chi connectivity index (χ0n) is 11.4. The van der Waals surface area contributed by atoms with Gasteiger partial charge in [0.15, 0.2) is 0 Å². The predicted molar refractivity (Wildman–Crippen MR) is 87.6 cm³/mol. The van der Waals surface area contributed by atoms with Crippen molar-refractivity contribution < 1.29 is 8.42 Å². The molecule has 0 radical (unpaired) electrons. The van der Waals surface area contributed by atoms with Crippen LogP contribution in [0.2, 0.25) is 10.0 Å². The molecule has 0 aromatic heterocycles. The fraction of sp³-hybridized carbons (Fsp3) is 0.143. The molecule has 0 atom stereocenters. The monoisotopic (exact) mass is 344 g/mol. The van der Waals surface area contributed by atoms with Gasteiger partial charge >= 0.3 is 0 Å². The number of nitrogens with two attached hydrogens (primary N) is 1. The lowest BCUT2D eigenvalue weighted by Crippen LogP contribution is -2.17. The maximum Gasteiger partial charge on any atom is 0.264 e. The predicted octanol–water partition coefficient (Wildman–Crippen LogP) is 3.99. The first-order valence-electron chi connectivity index (χ1n) is 6.06. The average Bonchev–Trinajstić information content (AvgIpc) is 2.37. The Balaban J connectivity index is 2.51. The number of rotatable bonds is 3. The Bertz CT molecular complexity index is 805. The molecule has 21 heavy (non-hydrogen) atoms. The van der Waals surface area contributed by atoms with E-state index in [2.05, 4.69) is 4.72 Å². The van der Waals surface area contributed by atoms with Gasteiger partial charge in [0.2, 0.25) is 0 Å². The molecule has 4 nitrogen and oxygen atoms in total. The molecule has 112 valence electrons. The SMILES string of the molecule is Cc1ccc(C)c(S(=O)(=O)Nc2ccc(Cl)cc2Cl)c1N. The summed E-state index contributed by atoms with van der Waals surface area (Å²) in [6.07, 6.45) is 0. The average molecular weight is 345 g/mol. The number of nitrogen functional groups attached to an aromatic ring is 1. The molecule has 0 fully saturated rings. The van der Waals surface area contributed by atoms with E-state index in [0.717, 1.165) is 0 Å². The summed E-state index contributed by atoms with van der Waals surface area (Å²) in [5, 5.41) is 0.643. The highest BCUT2D eigenvalue weighted by Crippen LogP contribution is 2.31. The fourth-order valence-corrected chi connectivity index (χ4v) is 3.96. The summed E-state index contributed by atoms with van der Waals surface area (Å²) < 4.78 is 27.5. The minimum Gasteiger partial charge on any atom is -0.397 e. The Hall–Kier alpha value is -1.43. The van der Waals surface area contributed by atoms with Gasteiger partial charge in [-0.15, -0.1) is 0 Å². The molecule has 3 N–H and O–H groups in total. The van der Waals surface area contributed by atoms with Gasteiger partial charge in [-0.1, -0.05) is 35.3 Å². The molecule has 2 aromatic rings. The molecule has 0 spiro atoms. The third kappa shape index (κ3) is 3.26. The first kappa shape index (κ1) is 15.9. The van der Waals surface area contributed by atoms with Crippen molar-refractivity contribution in [2.45, 2.75) is 18.7 Å². The van der Waals surface area contributed by atoms with Crippen molar-refractivity contribution in [3.8, 4) is 0 Å². The van der Waals surface area contributed by atoms with Crippen molar-refractivity contribution in [1.29, 1.82) is 0 Å². The van der Waals surface area contributed by atoms with Crippen molar-refractivity contribution in [2.75, 3.05) is 10.5 Å². The molecule has 0 aliphatic heterocycles. The standard InChI is InChI=1S/C14H14Cl2N2O2S/c1-8-3-4-9(2)14(13(8)17)21(19,20)18-12-6-5-10(15)7-11(12)16/h3-7,18H,17H2,1-2H3. The van der Waals surface area contributed by atoms with Gasteiger partial charge in [0, 0.05) is 5.02 Å². The number of hydrogen-bond donors (Lipinski definition) is 2. The molecular weight excluding hydrogens is 331 g/mol. The molecular formula is C14H14Cl2N2O2S. The van der Waals surface area contributed by atoms with Crippen molar-refractivity contribution in [3.05, 3.63) is 51.5 Å². The number of anilines is 2. The van der Waals surface area contributed by atoms with Crippen molar-refractivity contribution >= 4 is 44.6 Å². The van der Waals surface area contributed by atoms with Crippen LogP contribution in [0.25, 0.3) is 0 Å². The molecule has 0 heterocycles. The third-order valence-electron chi connectivity index (χ3n) is 3.06. The van der Waals surface area contributed by atoms with E-state index in [1.807, 2.05) is 0 Å². The van der Waals surface area contributed by atoms with Crippen LogP contribution in [0.15, 0.2) is 35.2 Å². The van der Waals surface area contributed by atoms with Crippen molar-refractivity contribution in [1.82, 2.24) is 0 Å². The number of nitrogens with one attached hydrogen (secondary N) is 1. The molecule has 7 heteroatoms. The van der Waals surface area contributed by atoms with Crippen molar-refractivity contribution in [2.24, 2.45) is 0 Å². The topological polar surface area (TPSA) is 72.2 Å². The van der Waals surface area contributed by atoms with Gasteiger partial charge < -0.3 is 5.73 Å². The van der Waals surface area contributed by atoms with Crippen molar-refractivity contribution in [3.63, 3.8) is 0 Å². The van der Waals surface area contributed by atoms with Gasteiger partial charge in [0.05, 0.1) is 16.4 Å². The van der Waals surface area contributed by atoms with Gasteiger partial charge in [0.25, 0.3) is 10.0 Å². The highest BCUT2D eigenvalue weighted by Gasteiger charge is 2.22. The number of sulfonamides is 1. The van der Waals surface area contributed by atoms with Gasteiger partial charge in [-0.05, 0) is 43.2 Å². The van der Waals surface area contributed by atoms with E-state index in [-0.39, 0.29) is 21.3 Å². The lowest BCUT2D eigenvalue weighted by molar-refractivity contribution is 0.601. The Morgan fingerprint density at radius 1 is 1.05 bits per heavy atom. The first-order chi connectivity index (χ1) is 9.72. The summed E-state index contributed by atoms with van der Waals surface area (Å²) in [5.74, 6) is 0. The van der Waals surface area contributed by atoms with E-state index in [9.17, 15) is 8.42 Å². The summed E-state index contributed by atoms with van der Waals surface area (Å²) >= 11 is 11.8. The van der Waals surface area contributed by atoms with Crippen LogP contribution < -0.4 is 10.5 Å². The molecule has 0 aliphatic carbocycles. The van der Waals surface area contributed by atoms with Crippen LogP contribution in [0.4, 0.5) is 11.4 Å². The molecule has 0 amide bonds. The van der Waals surface area contributed by atoms with E-state index in [4.69, 9.17) is 28.9 Å². The zero-order chi connectivity index (χ0) is 15.8. The van der Waals surface area contributed by atoms with E-state index in [0.29, 0.717) is 16.1 Å². The molecule has 0 saturated carbocycles. The van der Waals surface area contributed by atoms with Gasteiger partial charge in [-0.25, -0.2) is 8.42 Å². The summed E-state index contributed by atoms with van der Waals surface area (Å²) in [7, 11) is -3.84. The minimum absolute atomic E-state index is 0.0634. The lowest BCUT2D eigenvalue weighted by Gasteiger charge is -2.15. The Labute approximate surface area is 133 Å². The van der Waals surface area contributed by atoms with Gasteiger partial charge in [0.1, 0.15) is 4.90 Å². The maximum absolute atomic E-state index is 12.5. The lowest BCUT2D eigenvalue weighted by atomic mass is 10.1. The second kappa shape index (κ2) is 5.75. The number of hydrogen-bond acceptors (Lipinski definition) is 3. The highest BCUT2D eigenvalue weighted by atomic mass is 35.5. The van der Waals surface area contributed by atoms with E-state index >= 15 is 0 Å². The number of aryl methyl sites for hydroxylation is 2. The van der Waals surface area contributed by atoms with E-state index < -0.39 is 10.0 Å². The van der Waals surface area contributed by atoms with Gasteiger partial charge in [-0.2, -0.15) is 0 Å².